The van der Waals surface area contributed by atoms with E-state index in [0.717, 1.165) is 27.8 Å². The Morgan fingerprint density at radius 3 is 2.59 bits per heavy atom. The van der Waals surface area contributed by atoms with Gasteiger partial charge in [-0.25, -0.2) is 0 Å². The molecule has 0 atom stereocenters. The van der Waals surface area contributed by atoms with Gasteiger partial charge in [0.05, 0.1) is 17.4 Å². The molecule has 2 rings (SSSR count). The number of benzene rings is 1. The second kappa shape index (κ2) is 9.12. The molecule has 0 spiro atoms. The maximum Gasteiger partial charge on any atom is 1.00 e. The van der Waals surface area contributed by atoms with Gasteiger partial charge in [-0.3, -0.25) is 9.69 Å². The van der Waals surface area contributed by atoms with Crippen molar-refractivity contribution in [3.8, 4) is 0 Å². The van der Waals surface area contributed by atoms with Gasteiger partial charge in [0.2, 0.25) is 0 Å². The summed E-state index contributed by atoms with van der Waals surface area (Å²) in [5.74, 6) is -1.72. The van der Waals surface area contributed by atoms with Crippen molar-refractivity contribution < 1.29 is 66.1 Å². The van der Waals surface area contributed by atoms with Crippen LogP contribution in [0.5, 0.6) is 0 Å². The van der Waals surface area contributed by atoms with E-state index in [-0.39, 0.29) is 55.7 Å². The number of carbonyl (C=O) groups is 2. The van der Waals surface area contributed by atoms with Crippen molar-refractivity contribution in [2.45, 2.75) is 6.92 Å². The third kappa shape index (κ3) is 5.41. The molecule has 1 aliphatic rings. The molecule has 0 radical (unpaired) electrons. The fraction of sp³-hybridized carbons (Fsp3) is 0.133. The number of carboxylic acids is 1. The van der Waals surface area contributed by atoms with Gasteiger partial charge in [-0.1, -0.05) is 60.4 Å². The summed E-state index contributed by atoms with van der Waals surface area (Å²) in [6.07, 6.45) is 3.65. The Morgan fingerprint density at radius 2 is 2.00 bits per heavy atom. The Hall–Kier alpha value is -0.284. The van der Waals surface area contributed by atoms with E-state index in [9.17, 15) is 14.7 Å². The van der Waals surface area contributed by atoms with Gasteiger partial charge in [0.1, 0.15) is 4.32 Å². The van der Waals surface area contributed by atoms with E-state index in [2.05, 4.69) is 0 Å². The average molecular weight is 357 g/mol. The molecule has 22 heavy (non-hydrogen) atoms. The summed E-state index contributed by atoms with van der Waals surface area (Å²) < 4.78 is 0.239. The minimum atomic E-state index is -1.33. The van der Waals surface area contributed by atoms with Gasteiger partial charge in [0.15, 0.2) is 0 Å². The summed E-state index contributed by atoms with van der Waals surface area (Å²) in [5, 5.41) is 10.6. The van der Waals surface area contributed by atoms with Gasteiger partial charge in [0.25, 0.3) is 5.91 Å². The molecule has 0 saturated carbocycles. The van der Waals surface area contributed by atoms with Crippen molar-refractivity contribution in [2.75, 3.05) is 6.54 Å². The summed E-state index contributed by atoms with van der Waals surface area (Å²) in [5.41, 5.74) is 1.91. The van der Waals surface area contributed by atoms with Crippen LogP contribution in [-0.4, -0.2) is 27.6 Å². The number of aliphatic carboxylic acids is 1. The van der Waals surface area contributed by atoms with Gasteiger partial charge < -0.3 is 9.90 Å². The Morgan fingerprint density at radius 1 is 1.36 bits per heavy atom. The minimum absolute atomic E-state index is 0. The number of carboxylic acid groups (broad SMARTS) is 1. The largest absolute Gasteiger partial charge is 1.00 e. The van der Waals surface area contributed by atoms with Gasteiger partial charge in [0, 0.05) is 0 Å². The predicted molar refractivity (Wildman–Crippen MR) is 85.1 cm³/mol. The summed E-state index contributed by atoms with van der Waals surface area (Å²) in [6, 6.07) is 9.70. The number of thiocarbonyl (C=S) groups is 1. The van der Waals surface area contributed by atoms with E-state index in [0.29, 0.717) is 4.91 Å². The molecule has 7 heteroatoms. The number of hydrogen-bond donors (Lipinski definition) is 0. The van der Waals surface area contributed by atoms with Crippen LogP contribution in [-0.2, 0) is 9.59 Å². The molecule has 1 aromatic rings. The fourth-order valence-corrected chi connectivity index (χ4v) is 3.13. The zero-order chi connectivity index (χ0) is 15.4. The van der Waals surface area contributed by atoms with Crippen LogP contribution in [0, 0.1) is 0 Å². The van der Waals surface area contributed by atoms with E-state index in [1.165, 1.54) is 0 Å². The molecule has 0 bridgehead atoms. The van der Waals surface area contributed by atoms with Gasteiger partial charge >= 0.3 is 51.4 Å². The molecule has 0 aliphatic carbocycles. The average Bonchev–Trinajstić information content (AvgIpc) is 2.67. The third-order valence-corrected chi connectivity index (χ3v) is 4.09. The smallest absolute Gasteiger partial charge is 0.548 e. The maximum atomic E-state index is 12.1. The topological polar surface area (TPSA) is 60.4 Å². The molecule has 0 aromatic heterocycles. The monoisotopic (exact) mass is 357 g/mol. The zero-order valence-corrected chi connectivity index (χ0v) is 17.0. The molecule has 1 heterocycles. The fourth-order valence-electron chi connectivity index (χ4n) is 1.83. The Bertz CT molecular complexity index is 656. The molecule has 108 valence electrons. The number of hydrogen-bond acceptors (Lipinski definition) is 5. The van der Waals surface area contributed by atoms with Crippen LogP contribution in [0.2, 0.25) is 0 Å². The zero-order valence-electron chi connectivity index (χ0n) is 12.2. The quantitative estimate of drug-likeness (QED) is 0.376. The first-order valence-corrected chi connectivity index (χ1v) is 7.38. The molecule has 1 aliphatic heterocycles. The van der Waals surface area contributed by atoms with Crippen LogP contribution in [0.25, 0.3) is 6.08 Å². The Balaban J connectivity index is 0.00000242. The van der Waals surface area contributed by atoms with E-state index in [1.807, 2.05) is 43.3 Å². The molecule has 0 unspecified atom stereocenters. The van der Waals surface area contributed by atoms with Crippen molar-refractivity contribution >= 4 is 46.3 Å². The molecular formula is C15H12KNO3S2. The first kappa shape index (κ1) is 19.8. The molecule has 1 saturated heterocycles. The second-order valence-electron chi connectivity index (χ2n) is 4.44. The Kier molecular flexibility index (Phi) is 8.19. The summed E-state index contributed by atoms with van der Waals surface area (Å²) in [7, 11) is 0. The number of carbonyl (C=O) groups excluding carboxylic acids is 2. The van der Waals surface area contributed by atoms with Crippen molar-refractivity contribution in [2.24, 2.45) is 0 Å². The summed E-state index contributed by atoms with van der Waals surface area (Å²) in [4.78, 5) is 24.1. The normalized spacial score (nSPS) is 16.9. The molecule has 4 nitrogen and oxygen atoms in total. The SMILES string of the molecule is CC(/C=C1\SC(=S)N(CC(=O)[O-])C1=O)=C\c1ccccc1.[K+]. The van der Waals surface area contributed by atoms with Crippen molar-refractivity contribution in [1.82, 2.24) is 4.90 Å². The number of rotatable bonds is 4. The minimum Gasteiger partial charge on any atom is -0.548 e. The van der Waals surface area contributed by atoms with Gasteiger partial charge in [-0.15, -0.1) is 0 Å². The molecular weight excluding hydrogens is 345 g/mol. The molecule has 1 fully saturated rings. The number of allylic oxidation sites excluding steroid dienone is 2. The maximum absolute atomic E-state index is 12.1. The van der Waals surface area contributed by atoms with Gasteiger partial charge in [-0.05, 0) is 24.1 Å². The van der Waals surface area contributed by atoms with Crippen molar-refractivity contribution in [3.05, 3.63) is 52.4 Å². The van der Waals surface area contributed by atoms with Crippen LogP contribution in [0.1, 0.15) is 12.5 Å². The van der Waals surface area contributed by atoms with E-state index < -0.39 is 18.4 Å². The van der Waals surface area contributed by atoms with Crippen LogP contribution in [0.3, 0.4) is 0 Å². The van der Waals surface area contributed by atoms with Crippen LogP contribution in [0.15, 0.2) is 46.9 Å². The number of amides is 1. The number of thioether (sulfide) groups is 1. The molecule has 1 amide bonds. The summed E-state index contributed by atoms with van der Waals surface area (Å²) >= 11 is 6.11. The molecule has 1 aromatic carbocycles. The summed E-state index contributed by atoms with van der Waals surface area (Å²) in [6.45, 7) is 1.36. The van der Waals surface area contributed by atoms with Crippen LogP contribution >= 0.6 is 24.0 Å². The van der Waals surface area contributed by atoms with Crippen LogP contribution in [0.4, 0.5) is 0 Å². The molecule has 0 N–H and O–H groups in total. The second-order valence-corrected chi connectivity index (χ2v) is 6.11. The number of nitrogens with zero attached hydrogens (tertiary/aromatic N) is 1. The first-order valence-electron chi connectivity index (χ1n) is 6.16. The standard InChI is InChI=1S/C15H13NO3S2.K/c1-10(7-11-5-3-2-4-6-11)8-12-14(19)16(9-13(17)18)15(20)21-12;/h2-8H,9H2,1H3,(H,17,18);/q;+1/p-1/b10-7+,12-8-;. The van der Waals surface area contributed by atoms with E-state index in [4.69, 9.17) is 12.2 Å². The Labute approximate surface area is 181 Å². The van der Waals surface area contributed by atoms with Crippen molar-refractivity contribution in [1.29, 1.82) is 0 Å². The van der Waals surface area contributed by atoms with Crippen molar-refractivity contribution in [3.63, 3.8) is 0 Å². The van der Waals surface area contributed by atoms with Crippen LogP contribution < -0.4 is 56.5 Å². The first-order chi connectivity index (χ1) is 9.97. The predicted octanol–water partition coefficient (Wildman–Crippen LogP) is -1.41. The van der Waals surface area contributed by atoms with Gasteiger partial charge in [-0.2, -0.15) is 0 Å². The third-order valence-electron chi connectivity index (χ3n) is 2.71. The van der Waals surface area contributed by atoms with E-state index in [1.54, 1.807) is 6.08 Å². The van der Waals surface area contributed by atoms with E-state index >= 15 is 0 Å².